The second kappa shape index (κ2) is 4.76. The molecule has 0 aliphatic rings. The number of aliphatic hydroxyl groups excluding tert-OH is 1. The minimum absolute atomic E-state index is 0.0121. The normalized spacial score (nSPS) is 10.6. The lowest BCUT2D eigenvalue weighted by Crippen LogP contribution is -1.93. The van der Waals surface area contributed by atoms with E-state index in [0.717, 1.165) is 5.56 Å². The Kier molecular flexibility index (Phi) is 3.16. The molecule has 84 valence electrons. The summed E-state index contributed by atoms with van der Waals surface area (Å²) in [6, 6.07) is 6.82. The van der Waals surface area contributed by atoms with Gasteiger partial charge < -0.3 is 14.7 Å². The van der Waals surface area contributed by atoms with Crippen molar-refractivity contribution in [2.75, 3.05) is 6.61 Å². The smallest absolute Gasteiger partial charge is 0.231 e. The van der Waals surface area contributed by atoms with Gasteiger partial charge in [0.15, 0.2) is 5.82 Å². The van der Waals surface area contributed by atoms with E-state index in [9.17, 15) is 0 Å². The molecular weight excluding hydrogens is 208 g/mol. The SMILES string of the molecule is OCCc1noc(Cc2ccc(O)cc2)n1. The van der Waals surface area contributed by atoms with Gasteiger partial charge in [-0.15, -0.1) is 0 Å². The van der Waals surface area contributed by atoms with Crippen molar-refractivity contribution in [3.05, 3.63) is 41.5 Å². The molecule has 0 aliphatic heterocycles. The third-order valence-corrected chi connectivity index (χ3v) is 2.14. The van der Waals surface area contributed by atoms with E-state index < -0.39 is 0 Å². The molecule has 0 bridgehead atoms. The van der Waals surface area contributed by atoms with Crippen LogP contribution in [0.2, 0.25) is 0 Å². The fourth-order valence-corrected chi connectivity index (χ4v) is 1.35. The van der Waals surface area contributed by atoms with Crippen LogP contribution >= 0.6 is 0 Å². The van der Waals surface area contributed by atoms with Crippen LogP contribution in [-0.2, 0) is 12.8 Å². The Balaban J connectivity index is 2.05. The van der Waals surface area contributed by atoms with Crippen molar-refractivity contribution in [1.29, 1.82) is 0 Å². The zero-order valence-corrected chi connectivity index (χ0v) is 8.63. The lowest BCUT2D eigenvalue weighted by molar-refractivity contribution is 0.293. The van der Waals surface area contributed by atoms with Gasteiger partial charge in [-0.3, -0.25) is 0 Å². The molecule has 1 aromatic heterocycles. The summed E-state index contributed by atoms with van der Waals surface area (Å²) >= 11 is 0. The number of rotatable bonds is 4. The quantitative estimate of drug-likeness (QED) is 0.800. The maximum Gasteiger partial charge on any atom is 0.231 e. The number of hydrogen-bond donors (Lipinski definition) is 2. The second-order valence-electron chi connectivity index (χ2n) is 3.42. The van der Waals surface area contributed by atoms with Crippen LogP contribution in [0.4, 0.5) is 0 Å². The molecule has 0 spiro atoms. The molecule has 0 saturated heterocycles. The molecule has 2 aromatic rings. The number of nitrogens with zero attached hydrogens (tertiary/aromatic N) is 2. The molecule has 0 radical (unpaired) electrons. The van der Waals surface area contributed by atoms with Crippen molar-refractivity contribution in [1.82, 2.24) is 10.1 Å². The Hall–Kier alpha value is -1.88. The van der Waals surface area contributed by atoms with Crippen LogP contribution in [0.15, 0.2) is 28.8 Å². The molecule has 0 fully saturated rings. The molecule has 16 heavy (non-hydrogen) atoms. The van der Waals surface area contributed by atoms with Crippen molar-refractivity contribution >= 4 is 0 Å². The summed E-state index contributed by atoms with van der Waals surface area (Å²) in [4.78, 5) is 4.12. The van der Waals surface area contributed by atoms with Crippen molar-refractivity contribution in [2.24, 2.45) is 0 Å². The Morgan fingerprint density at radius 3 is 2.62 bits per heavy atom. The molecular formula is C11H12N2O3. The summed E-state index contributed by atoms with van der Waals surface area (Å²) < 4.78 is 5.02. The number of benzene rings is 1. The van der Waals surface area contributed by atoms with Gasteiger partial charge in [-0.25, -0.2) is 0 Å². The van der Waals surface area contributed by atoms with Crippen LogP contribution in [0, 0.1) is 0 Å². The maximum atomic E-state index is 9.12. The topological polar surface area (TPSA) is 79.4 Å². The van der Waals surface area contributed by atoms with E-state index in [1.165, 1.54) is 0 Å². The second-order valence-corrected chi connectivity index (χ2v) is 3.42. The predicted molar refractivity (Wildman–Crippen MR) is 56.0 cm³/mol. The zero-order chi connectivity index (χ0) is 11.4. The number of aliphatic hydroxyl groups is 1. The molecule has 2 N–H and O–H groups in total. The Morgan fingerprint density at radius 1 is 1.19 bits per heavy atom. The van der Waals surface area contributed by atoms with Gasteiger partial charge in [-0.1, -0.05) is 17.3 Å². The third kappa shape index (κ3) is 2.58. The van der Waals surface area contributed by atoms with Gasteiger partial charge in [0.25, 0.3) is 0 Å². The van der Waals surface area contributed by atoms with Gasteiger partial charge in [-0.05, 0) is 17.7 Å². The number of phenolic OH excluding ortho intramolecular Hbond substituents is 1. The van der Waals surface area contributed by atoms with Gasteiger partial charge >= 0.3 is 0 Å². The largest absolute Gasteiger partial charge is 0.508 e. The fourth-order valence-electron chi connectivity index (χ4n) is 1.35. The van der Waals surface area contributed by atoms with Gasteiger partial charge in [0.2, 0.25) is 5.89 Å². The highest BCUT2D eigenvalue weighted by Crippen LogP contribution is 2.12. The van der Waals surface area contributed by atoms with Crippen LogP contribution in [0.5, 0.6) is 5.75 Å². The van der Waals surface area contributed by atoms with Gasteiger partial charge in [0.1, 0.15) is 5.75 Å². The monoisotopic (exact) mass is 220 g/mol. The van der Waals surface area contributed by atoms with Crippen LogP contribution in [-0.4, -0.2) is 27.0 Å². The van der Waals surface area contributed by atoms with Crippen molar-refractivity contribution in [3.63, 3.8) is 0 Å². The summed E-state index contributed by atoms with van der Waals surface area (Å²) in [5.41, 5.74) is 0.983. The maximum absolute atomic E-state index is 9.12. The molecule has 1 aromatic carbocycles. The Labute approximate surface area is 92.4 Å². The lowest BCUT2D eigenvalue weighted by atomic mass is 10.1. The first kappa shape index (κ1) is 10.6. The predicted octanol–water partition coefficient (Wildman–Crippen LogP) is 0.901. The van der Waals surface area contributed by atoms with E-state index in [2.05, 4.69) is 10.1 Å². The van der Waals surface area contributed by atoms with Gasteiger partial charge in [-0.2, -0.15) is 4.98 Å². The first-order valence-corrected chi connectivity index (χ1v) is 4.98. The van der Waals surface area contributed by atoms with E-state index in [1.807, 2.05) is 0 Å². The third-order valence-electron chi connectivity index (χ3n) is 2.14. The van der Waals surface area contributed by atoms with Crippen LogP contribution in [0.3, 0.4) is 0 Å². The zero-order valence-electron chi connectivity index (χ0n) is 8.63. The highest BCUT2D eigenvalue weighted by atomic mass is 16.5. The lowest BCUT2D eigenvalue weighted by Gasteiger charge is -1.96. The molecule has 0 atom stereocenters. The van der Waals surface area contributed by atoms with Crippen LogP contribution < -0.4 is 0 Å². The van der Waals surface area contributed by atoms with Crippen molar-refractivity contribution < 1.29 is 14.7 Å². The standard InChI is InChI=1S/C11H12N2O3/c14-6-5-10-12-11(16-13-10)7-8-1-3-9(15)4-2-8/h1-4,14-15H,5-7H2. The molecule has 0 unspecified atom stereocenters. The number of phenols is 1. The minimum atomic E-state index is 0.0121. The Bertz CT molecular complexity index is 451. The summed E-state index contributed by atoms with van der Waals surface area (Å²) in [7, 11) is 0. The first-order valence-electron chi connectivity index (χ1n) is 4.98. The highest BCUT2D eigenvalue weighted by Gasteiger charge is 2.06. The average Bonchev–Trinajstić information content (AvgIpc) is 2.70. The minimum Gasteiger partial charge on any atom is -0.508 e. The molecule has 2 rings (SSSR count). The first-order chi connectivity index (χ1) is 7.78. The number of hydrogen-bond acceptors (Lipinski definition) is 5. The number of aromatic nitrogens is 2. The van der Waals surface area contributed by atoms with Gasteiger partial charge in [0, 0.05) is 6.42 Å². The molecule has 0 amide bonds. The van der Waals surface area contributed by atoms with E-state index in [-0.39, 0.29) is 12.4 Å². The summed E-state index contributed by atoms with van der Waals surface area (Å²) in [6.07, 6.45) is 0.928. The van der Waals surface area contributed by atoms with Crippen molar-refractivity contribution in [2.45, 2.75) is 12.8 Å². The molecule has 0 saturated carbocycles. The number of aromatic hydroxyl groups is 1. The average molecular weight is 220 g/mol. The van der Waals surface area contributed by atoms with E-state index >= 15 is 0 Å². The van der Waals surface area contributed by atoms with Crippen LogP contribution in [0.1, 0.15) is 17.3 Å². The summed E-state index contributed by atoms with van der Waals surface area (Å²) in [5.74, 6) is 1.25. The van der Waals surface area contributed by atoms with E-state index in [1.54, 1.807) is 24.3 Å². The molecule has 5 nitrogen and oxygen atoms in total. The van der Waals surface area contributed by atoms with Crippen LogP contribution in [0.25, 0.3) is 0 Å². The van der Waals surface area contributed by atoms with E-state index in [4.69, 9.17) is 14.7 Å². The molecule has 5 heteroatoms. The van der Waals surface area contributed by atoms with Gasteiger partial charge in [0.05, 0.1) is 13.0 Å². The van der Waals surface area contributed by atoms with E-state index in [0.29, 0.717) is 24.6 Å². The summed E-state index contributed by atoms with van der Waals surface area (Å²) in [5, 5.41) is 21.5. The van der Waals surface area contributed by atoms with Crippen molar-refractivity contribution in [3.8, 4) is 5.75 Å². The highest BCUT2D eigenvalue weighted by molar-refractivity contribution is 5.27. The molecule has 0 aliphatic carbocycles. The summed E-state index contributed by atoms with van der Waals surface area (Å²) in [6.45, 7) is 0.0121. The molecule has 1 heterocycles. The fraction of sp³-hybridized carbons (Fsp3) is 0.273. The Morgan fingerprint density at radius 2 is 1.94 bits per heavy atom.